The number of para-hydroxylation sites is 1. The lowest BCUT2D eigenvalue weighted by molar-refractivity contribution is 0.0944. The third-order valence-electron chi connectivity index (χ3n) is 3.87. The van der Waals surface area contributed by atoms with Crippen LogP contribution in [0.3, 0.4) is 0 Å². The highest BCUT2D eigenvalue weighted by atomic mass is 16.5. The molecular weight excluding hydrogens is 344 g/mol. The minimum absolute atomic E-state index is 0.237. The molecule has 2 N–H and O–H groups in total. The van der Waals surface area contributed by atoms with Crippen LogP contribution in [-0.2, 0) is 6.54 Å². The van der Waals surface area contributed by atoms with Crippen molar-refractivity contribution < 1.29 is 14.3 Å². The number of methoxy groups -OCH3 is 2. The zero-order valence-electron chi connectivity index (χ0n) is 15.1. The quantitative estimate of drug-likeness (QED) is 0.670. The number of hydrogen-bond donors (Lipinski definition) is 2. The molecule has 0 bridgehead atoms. The van der Waals surface area contributed by atoms with Crippen molar-refractivity contribution in [3.05, 3.63) is 71.9 Å². The van der Waals surface area contributed by atoms with Crippen molar-refractivity contribution >= 4 is 17.4 Å². The van der Waals surface area contributed by atoms with Crippen molar-refractivity contribution in [2.24, 2.45) is 0 Å². The summed E-state index contributed by atoms with van der Waals surface area (Å²) in [6.07, 6.45) is 0. The van der Waals surface area contributed by atoms with E-state index in [1.807, 2.05) is 48.5 Å². The monoisotopic (exact) mass is 364 g/mol. The molecule has 2 aromatic carbocycles. The second-order valence-electron chi connectivity index (χ2n) is 5.66. The summed E-state index contributed by atoms with van der Waals surface area (Å²) in [5.41, 5.74) is 1.94. The Kier molecular flexibility index (Phi) is 5.84. The van der Waals surface area contributed by atoms with Gasteiger partial charge in [-0.25, -0.2) is 0 Å². The number of benzene rings is 2. The van der Waals surface area contributed by atoms with Crippen LogP contribution in [0.4, 0.5) is 11.5 Å². The van der Waals surface area contributed by atoms with Crippen LogP contribution < -0.4 is 20.1 Å². The SMILES string of the molecule is COc1cccc(Nc2ccc(C(=O)NCc3ccccc3OC)nn2)c1. The van der Waals surface area contributed by atoms with Gasteiger partial charge in [0.05, 0.1) is 14.2 Å². The van der Waals surface area contributed by atoms with Gasteiger partial charge in [0.15, 0.2) is 11.5 Å². The Morgan fingerprint density at radius 2 is 1.81 bits per heavy atom. The molecule has 0 unspecified atom stereocenters. The molecular formula is C20H20N4O3. The van der Waals surface area contributed by atoms with E-state index in [1.54, 1.807) is 26.4 Å². The van der Waals surface area contributed by atoms with E-state index in [1.165, 1.54) is 0 Å². The Labute approximate surface area is 157 Å². The zero-order chi connectivity index (χ0) is 19.1. The molecule has 7 heteroatoms. The summed E-state index contributed by atoms with van der Waals surface area (Å²) in [5.74, 6) is 1.69. The van der Waals surface area contributed by atoms with Crippen LogP contribution in [0.15, 0.2) is 60.7 Å². The molecule has 0 atom stereocenters. The molecule has 0 aliphatic rings. The lowest BCUT2D eigenvalue weighted by atomic mass is 10.2. The highest BCUT2D eigenvalue weighted by Crippen LogP contribution is 2.20. The maximum absolute atomic E-state index is 12.3. The van der Waals surface area contributed by atoms with Crippen molar-refractivity contribution in [1.82, 2.24) is 15.5 Å². The molecule has 3 rings (SSSR count). The van der Waals surface area contributed by atoms with Crippen molar-refractivity contribution in [2.75, 3.05) is 19.5 Å². The van der Waals surface area contributed by atoms with Crippen LogP contribution in [0.2, 0.25) is 0 Å². The van der Waals surface area contributed by atoms with Crippen LogP contribution in [0.5, 0.6) is 11.5 Å². The van der Waals surface area contributed by atoms with E-state index >= 15 is 0 Å². The largest absolute Gasteiger partial charge is 0.497 e. The van der Waals surface area contributed by atoms with Crippen molar-refractivity contribution in [3.63, 3.8) is 0 Å². The molecule has 1 amide bonds. The van der Waals surface area contributed by atoms with Crippen LogP contribution >= 0.6 is 0 Å². The third-order valence-corrected chi connectivity index (χ3v) is 3.87. The van der Waals surface area contributed by atoms with E-state index in [9.17, 15) is 4.79 Å². The second-order valence-corrected chi connectivity index (χ2v) is 5.66. The van der Waals surface area contributed by atoms with Gasteiger partial charge in [0.2, 0.25) is 0 Å². The first-order valence-corrected chi connectivity index (χ1v) is 8.34. The number of anilines is 2. The van der Waals surface area contributed by atoms with Gasteiger partial charge in [-0.2, -0.15) is 0 Å². The summed E-state index contributed by atoms with van der Waals surface area (Å²) in [6.45, 7) is 0.342. The number of rotatable bonds is 7. The highest BCUT2D eigenvalue weighted by Gasteiger charge is 2.10. The van der Waals surface area contributed by atoms with E-state index in [-0.39, 0.29) is 11.6 Å². The van der Waals surface area contributed by atoms with Crippen molar-refractivity contribution in [3.8, 4) is 11.5 Å². The summed E-state index contributed by atoms with van der Waals surface area (Å²) in [6, 6.07) is 18.3. The standard InChI is InChI=1S/C20H20N4O3/c1-26-16-8-5-7-15(12-16)22-19-11-10-17(23-24-19)20(25)21-13-14-6-3-4-9-18(14)27-2/h3-12H,13H2,1-2H3,(H,21,25)(H,22,24). The van der Waals surface area contributed by atoms with Gasteiger partial charge in [0, 0.05) is 23.9 Å². The van der Waals surface area contributed by atoms with Crippen molar-refractivity contribution in [1.29, 1.82) is 0 Å². The molecule has 3 aromatic rings. The van der Waals surface area contributed by atoms with Crippen LogP contribution in [-0.4, -0.2) is 30.3 Å². The summed E-state index contributed by atoms with van der Waals surface area (Å²) in [4.78, 5) is 12.3. The number of carbonyl (C=O) groups excluding carboxylic acids is 1. The van der Waals surface area contributed by atoms with Gasteiger partial charge in [-0.05, 0) is 30.3 Å². The van der Waals surface area contributed by atoms with E-state index in [0.29, 0.717) is 12.4 Å². The minimum Gasteiger partial charge on any atom is -0.497 e. The van der Waals surface area contributed by atoms with Gasteiger partial charge in [0.1, 0.15) is 11.5 Å². The maximum Gasteiger partial charge on any atom is 0.272 e. The molecule has 0 aliphatic carbocycles. The van der Waals surface area contributed by atoms with E-state index in [2.05, 4.69) is 20.8 Å². The number of amides is 1. The first kappa shape index (κ1) is 18.2. The fourth-order valence-corrected chi connectivity index (χ4v) is 2.48. The predicted octanol–water partition coefficient (Wildman–Crippen LogP) is 3.17. The fourth-order valence-electron chi connectivity index (χ4n) is 2.48. The molecule has 1 aromatic heterocycles. The van der Waals surface area contributed by atoms with Gasteiger partial charge in [-0.3, -0.25) is 4.79 Å². The molecule has 0 saturated carbocycles. The average Bonchev–Trinajstić information content (AvgIpc) is 2.73. The van der Waals surface area contributed by atoms with E-state index in [0.717, 1.165) is 22.7 Å². The number of hydrogen-bond acceptors (Lipinski definition) is 6. The summed E-state index contributed by atoms with van der Waals surface area (Å²) in [5, 5.41) is 14.0. The first-order chi connectivity index (χ1) is 13.2. The Balaban J connectivity index is 1.61. The lowest BCUT2D eigenvalue weighted by Crippen LogP contribution is -2.24. The minimum atomic E-state index is -0.304. The topological polar surface area (TPSA) is 85.4 Å². The molecule has 1 heterocycles. The second kappa shape index (κ2) is 8.66. The Bertz CT molecular complexity index is 913. The molecule has 27 heavy (non-hydrogen) atoms. The smallest absolute Gasteiger partial charge is 0.272 e. The van der Waals surface area contributed by atoms with Gasteiger partial charge < -0.3 is 20.1 Å². The molecule has 7 nitrogen and oxygen atoms in total. The number of nitrogens with one attached hydrogen (secondary N) is 2. The Morgan fingerprint density at radius 1 is 0.963 bits per heavy atom. The summed E-state index contributed by atoms with van der Waals surface area (Å²) in [7, 11) is 3.21. The Morgan fingerprint density at radius 3 is 2.56 bits per heavy atom. The van der Waals surface area contributed by atoms with Gasteiger partial charge in [-0.1, -0.05) is 24.3 Å². The molecule has 0 radical (unpaired) electrons. The molecule has 138 valence electrons. The number of ether oxygens (including phenoxy) is 2. The Hall–Kier alpha value is -3.61. The third kappa shape index (κ3) is 4.72. The number of carbonyl (C=O) groups is 1. The molecule has 0 fully saturated rings. The highest BCUT2D eigenvalue weighted by molar-refractivity contribution is 5.92. The van der Waals surface area contributed by atoms with Crippen LogP contribution in [0.1, 0.15) is 16.1 Å². The summed E-state index contributed by atoms with van der Waals surface area (Å²) >= 11 is 0. The van der Waals surface area contributed by atoms with Gasteiger partial charge >= 0.3 is 0 Å². The lowest BCUT2D eigenvalue weighted by Gasteiger charge is -2.09. The molecule has 0 spiro atoms. The number of nitrogens with zero attached hydrogens (tertiary/aromatic N) is 2. The van der Waals surface area contributed by atoms with Gasteiger partial charge in [0.25, 0.3) is 5.91 Å². The molecule has 0 aliphatic heterocycles. The molecule has 0 saturated heterocycles. The van der Waals surface area contributed by atoms with E-state index in [4.69, 9.17) is 9.47 Å². The zero-order valence-corrected chi connectivity index (χ0v) is 15.1. The van der Waals surface area contributed by atoms with E-state index < -0.39 is 0 Å². The fraction of sp³-hybridized carbons (Fsp3) is 0.150. The van der Waals surface area contributed by atoms with Crippen LogP contribution in [0.25, 0.3) is 0 Å². The summed E-state index contributed by atoms with van der Waals surface area (Å²) < 4.78 is 10.5. The van der Waals surface area contributed by atoms with Crippen LogP contribution in [0, 0.1) is 0 Å². The first-order valence-electron chi connectivity index (χ1n) is 8.34. The van der Waals surface area contributed by atoms with Gasteiger partial charge in [-0.15, -0.1) is 10.2 Å². The number of aromatic nitrogens is 2. The normalized spacial score (nSPS) is 10.1. The maximum atomic E-state index is 12.3. The van der Waals surface area contributed by atoms with Crippen molar-refractivity contribution in [2.45, 2.75) is 6.54 Å². The average molecular weight is 364 g/mol. The predicted molar refractivity (Wildman–Crippen MR) is 102 cm³/mol.